The van der Waals surface area contributed by atoms with Crippen LogP contribution >= 0.6 is 11.3 Å². The Morgan fingerprint density at radius 3 is 2.73 bits per heavy atom. The van der Waals surface area contributed by atoms with E-state index in [1.807, 2.05) is 57.3 Å². The summed E-state index contributed by atoms with van der Waals surface area (Å²) in [7, 11) is 1.82. The molecule has 1 aromatic heterocycles. The van der Waals surface area contributed by atoms with E-state index in [9.17, 15) is 4.79 Å². The van der Waals surface area contributed by atoms with Gasteiger partial charge in [0.1, 0.15) is 13.2 Å². The van der Waals surface area contributed by atoms with E-state index < -0.39 is 0 Å². The van der Waals surface area contributed by atoms with Crippen molar-refractivity contribution in [2.24, 2.45) is 0 Å². The quantitative estimate of drug-likeness (QED) is 0.695. The molecular weight excluding hydrogens is 348 g/mol. The zero-order chi connectivity index (χ0) is 18.3. The van der Waals surface area contributed by atoms with E-state index in [0.29, 0.717) is 18.8 Å². The lowest BCUT2D eigenvalue weighted by Crippen LogP contribution is -2.29. The molecular formula is C20H20N2O3S. The van der Waals surface area contributed by atoms with Crippen LogP contribution in [0.5, 0.6) is 11.5 Å². The maximum absolute atomic E-state index is 12.9. The van der Waals surface area contributed by atoms with Gasteiger partial charge in [0.05, 0.1) is 21.3 Å². The van der Waals surface area contributed by atoms with Crippen molar-refractivity contribution in [2.45, 2.75) is 19.9 Å². The van der Waals surface area contributed by atoms with Crippen molar-refractivity contribution < 1.29 is 14.3 Å². The fraction of sp³-hybridized carbons (Fsp3) is 0.300. The van der Waals surface area contributed by atoms with Gasteiger partial charge in [-0.2, -0.15) is 0 Å². The lowest BCUT2D eigenvalue weighted by atomic mass is 10.0. The molecule has 0 fully saturated rings. The van der Waals surface area contributed by atoms with Crippen molar-refractivity contribution >= 4 is 27.5 Å². The second kappa shape index (κ2) is 6.61. The molecule has 0 saturated heterocycles. The number of hydrogen-bond donors (Lipinski definition) is 0. The molecule has 2 heterocycles. The van der Waals surface area contributed by atoms with Crippen LogP contribution in [0.25, 0.3) is 10.2 Å². The summed E-state index contributed by atoms with van der Waals surface area (Å²) in [5, 5.41) is 1.00. The predicted octanol–water partition coefficient (Wildman–Crippen LogP) is 4.21. The number of amides is 1. The van der Waals surface area contributed by atoms with Crippen LogP contribution < -0.4 is 9.47 Å². The molecule has 1 aliphatic rings. The van der Waals surface area contributed by atoms with Gasteiger partial charge in [-0.05, 0) is 49.7 Å². The molecule has 6 heteroatoms. The Balaban J connectivity index is 1.58. The number of aromatic nitrogens is 1. The number of hydrogen-bond acceptors (Lipinski definition) is 5. The topological polar surface area (TPSA) is 51.7 Å². The first-order chi connectivity index (χ1) is 12.5. The lowest BCUT2D eigenvalue weighted by molar-refractivity contribution is 0.0742. The highest BCUT2D eigenvalue weighted by molar-refractivity contribution is 7.18. The molecule has 0 spiro atoms. The van der Waals surface area contributed by atoms with E-state index in [-0.39, 0.29) is 11.9 Å². The van der Waals surface area contributed by atoms with Crippen molar-refractivity contribution in [3.8, 4) is 11.5 Å². The summed E-state index contributed by atoms with van der Waals surface area (Å²) < 4.78 is 12.3. The molecule has 1 aliphatic heterocycles. The highest BCUT2D eigenvalue weighted by Gasteiger charge is 2.21. The van der Waals surface area contributed by atoms with Crippen LogP contribution in [0.4, 0.5) is 0 Å². The van der Waals surface area contributed by atoms with Crippen LogP contribution in [0.1, 0.15) is 33.9 Å². The third-order valence-electron chi connectivity index (χ3n) is 4.69. The van der Waals surface area contributed by atoms with E-state index in [4.69, 9.17) is 9.47 Å². The summed E-state index contributed by atoms with van der Waals surface area (Å²) >= 11 is 1.64. The van der Waals surface area contributed by atoms with Gasteiger partial charge < -0.3 is 14.4 Å². The fourth-order valence-corrected chi connectivity index (χ4v) is 3.91. The number of ether oxygens (including phenoxy) is 2. The number of aryl methyl sites for hydroxylation is 1. The molecule has 0 aliphatic carbocycles. The molecule has 0 N–H and O–H groups in total. The van der Waals surface area contributed by atoms with Crippen LogP contribution in [-0.2, 0) is 0 Å². The molecule has 1 atom stereocenters. The van der Waals surface area contributed by atoms with Gasteiger partial charge in [-0.1, -0.05) is 6.07 Å². The molecule has 0 bridgehead atoms. The van der Waals surface area contributed by atoms with Gasteiger partial charge in [0.15, 0.2) is 11.5 Å². The first-order valence-corrected chi connectivity index (χ1v) is 9.38. The van der Waals surface area contributed by atoms with E-state index >= 15 is 0 Å². The number of thiazole rings is 1. The van der Waals surface area contributed by atoms with Crippen LogP contribution in [0, 0.1) is 6.92 Å². The smallest absolute Gasteiger partial charge is 0.254 e. The number of nitrogens with zero attached hydrogens (tertiary/aromatic N) is 2. The van der Waals surface area contributed by atoms with Crippen LogP contribution in [0.3, 0.4) is 0 Å². The highest BCUT2D eigenvalue weighted by Crippen LogP contribution is 2.34. The molecule has 0 radical (unpaired) electrons. The van der Waals surface area contributed by atoms with Gasteiger partial charge in [-0.15, -0.1) is 11.3 Å². The van der Waals surface area contributed by atoms with Crippen molar-refractivity contribution in [3.05, 3.63) is 52.5 Å². The Morgan fingerprint density at radius 2 is 1.92 bits per heavy atom. The van der Waals surface area contributed by atoms with Gasteiger partial charge in [0.2, 0.25) is 0 Å². The first-order valence-electron chi connectivity index (χ1n) is 8.57. The zero-order valence-electron chi connectivity index (χ0n) is 15.0. The minimum atomic E-state index is -0.0915. The zero-order valence-corrected chi connectivity index (χ0v) is 15.8. The van der Waals surface area contributed by atoms with Crippen molar-refractivity contribution in [1.29, 1.82) is 0 Å². The summed E-state index contributed by atoms with van der Waals surface area (Å²) in [4.78, 5) is 19.2. The second-order valence-corrected chi connectivity index (χ2v) is 7.65. The SMILES string of the molecule is Cc1nc2cc(C(=O)N(C)C(C)c3ccc4c(c3)OCCO4)ccc2s1. The predicted molar refractivity (Wildman–Crippen MR) is 102 cm³/mol. The largest absolute Gasteiger partial charge is 0.486 e. The second-order valence-electron chi connectivity index (χ2n) is 6.41. The number of benzene rings is 2. The minimum Gasteiger partial charge on any atom is -0.486 e. The van der Waals surface area contributed by atoms with E-state index in [1.165, 1.54) is 0 Å². The van der Waals surface area contributed by atoms with Gasteiger partial charge >= 0.3 is 0 Å². The Bertz CT molecular complexity index is 982. The van der Waals surface area contributed by atoms with E-state index in [0.717, 1.165) is 32.3 Å². The first kappa shape index (κ1) is 16.8. The van der Waals surface area contributed by atoms with Gasteiger partial charge in [-0.25, -0.2) is 4.98 Å². The fourth-order valence-electron chi connectivity index (χ4n) is 3.10. The lowest BCUT2D eigenvalue weighted by Gasteiger charge is -2.27. The Morgan fingerprint density at radius 1 is 1.15 bits per heavy atom. The highest BCUT2D eigenvalue weighted by atomic mass is 32.1. The van der Waals surface area contributed by atoms with Gasteiger partial charge in [0, 0.05) is 12.6 Å². The Labute approximate surface area is 156 Å². The van der Waals surface area contributed by atoms with Crippen LogP contribution in [0.2, 0.25) is 0 Å². The monoisotopic (exact) mass is 368 g/mol. The molecule has 134 valence electrons. The van der Waals surface area contributed by atoms with Crippen molar-refractivity contribution in [3.63, 3.8) is 0 Å². The standard InChI is InChI=1S/C20H20N2O3S/c1-12(14-4-6-17-18(11-14)25-9-8-24-17)22(3)20(23)15-5-7-19-16(10-15)21-13(2)26-19/h4-7,10-12H,8-9H2,1-3H3. The maximum atomic E-state index is 12.9. The number of fused-ring (bicyclic) bond motifs is 2. The average molecular weight is 368 g/mol. The van der Waals surface area contributed by atoms with Gasteiger partial charge in [0.25, 0.3) is 5.91 Å². The Hall–Kier alpha value is -2.60. The normalized spacial score (nSPS) is 14.3. The summed E-state index contributed by atoms with van der Waals surface area (Å²) in [6.07, 6.45) is 0. The van der Waals surface area contributed by atoms with Crippen molar-refractivity contribution in [2.75, 3.05) is 20.3 Å². The number of carbonyl (C=O) groups is 1. The molecule has 5 nitrogen and oxygen atoms in total. The van der Waals surface area contributed by atoms with E-state index in [1.54, 1.807) is 16.2 Å². The number of carbonyl (C=O) groups excluding carboxylic acids is 1. The summed E-state index contributed by atoms with van der Waals surface area (Å²) in [6, 6.07) is 11.5. The third kappa shape index (κ3) is 3.01. The molecule has 1 unspecified atom stereocenters. The summed E-state index contributed by atoms with van der Waals surface area (Å²) in [5.41, 5.74) is 2.53. The summed E-state index contributed by atoms with van der Waals surface area (Å²) in [5.74, 6) is 1.46. The molecule has 4 rings (SSSR count). The molecule has 26 heavy (non-hydrogen) atoms. The molecule has 1 amide bonds. The Kier molecular flexibility index (Phi) is 4.28. The van der Waals surface area contributed by atoms with Crippen molar-refractivity contribution in [1.82, 2.24) is 9.88 Å². The van der Waals surface area contributed by atoms with Crippen LogP contribution in [-0.4, -0.2) is 36.1 Å². The third-order valence-corrected chi connectivity index (χ3v) is 5.64. The van der Waals surface area contributed by atoms with E-state index in [2.05, 4.69) is 4.98 Å². The average Bonchev–Trinajstić information content (AvgIpc) is 3.05. The number of rotatable bonds is 3. The molecule has 3 aromatic rings. The summed E-state index contributed by atoms with van der Waals surface area (Å²) in [6.45, 7) is 5.10. The maximum Gasteiger partial charge on any atom is 0.254 e. The molecule has 2 aromatic carbocycles. The van der Waals surface area contributed by atoms with Gasteiger partial charge in [-0.3, -0.25) is 4.79 Å². The minimum absolute atomic E-state index is 0.0278. The molecule has 0 saturated carbocycles. The van der Waals surface area contributed by atoms with Crippen LogP contribution in [0.15, 0.2) is 36.4 Å².